The molecule has 0 atom stereocenters. The lowest BCUT2D eigenvalue weighted by Crippen LogP contribution is -2.35. The number of hydrogen-bond donors (Lipinski definition) is 0. The van der Waals surface area contributed by atoms with Gasteiger partial charge in [0.2, 0.25) is 0 Å². The van der Waals surface area contributed by atoms with Crippen LogP contribution in [-0.4, -0.2) is 29.1 Å². The van der Waals surface area contributed by atoms with Gasteiger partial charge in [-0.15, -0.1) is 0 Å². The van der Waals surface area contributed by atoms with E-state index in [0.29, 0.717) is 0 Å². The maximum atomic E-state index is 12.2. The van der Waals surface area contributed by atoms with Crippen LogP contribution in [0, 0.1) is 5.92 Å². The zero-order valence-electron chi connectivity index (χ0n) is 15.8. The van der Waals surface area contributed by atoms with Gasteiger partial charge in [0, 0.05) is 6.54 Å². The highest BCUT2D eigenvalue weighted by molar-refractivity contribution is 7.16. The second kappa shape index (κ2) is 8.85. The molecule has 0 amide bonds. The maximum Gasteiger partial charge on any atom is 0.308 e. The van der Waals surface area contributed by atoms with E-state index in [1.807, 2.05) is 22.8 Å². The molecule has 4 heteroatoms. The van der Waals surface area contributed by atoms with Gasteiger partial charge >= 0.3 is 4.87 Å². The Hall–Kier alpha value is -1.91. The molecule has 1 aromatic heterocycles. The summed E-state index contributed by atoms with van der Waals surface area (Å²) in [6.07, 6.45) is 6.08. The van der Waals surface area contributed by atoms with E-state index in [2.05, 4.69) is 41.3 Å². The maximum absolute atomic E-state index is 12.2. The quantitative estimate of drug-likeness (QED) is 0.550. The van der Waals surface area contributed by atoms with Gasteiger partial charge < -0.3 is 4.90 Å². The summed E-state index contributed by atoms with van der Waals surface area (Å²) in [5, 5.41) is 0. The number of likely N-dealkylation sites (tertiary alicyclic amines) is 1. The molecule has 0 aliphatic carbocycles. The SMILES string of the molecule is O=c1sc2ccccc2n1CCCCN1CCC(Cc2ccccc2)CC1. The number of fused-ring (bicyclic) bond motifs is 1. The van der Waals surface area contributed by atoms with Crippen molar-refractivity contribution >= 4 is 21.6 Å². The Morgan fingerprint density at radius 1 is 0.889 bits per heavy atom. The van der Waals surface area contributed by atoms with Gasteiger partial charge in [0.15, 0.2) is 0 Å². The number of nitrogens with zero attached hydrogens (tertiary/aromatic N) is 2. The molecular formula is C23H28N2OS. The molecule has 2 heterocycles. The number of benzene rings is 2. The van der Waals surface area contributed by atoms with Crippen molar-refractivity contribution in [2.24, 2.45) is 5.92 Å². The lowest BCUT2D eigenvalue weighted by atomic mass is 9.90. The number of hydrogen-bond acceptors (Lipinski definition) is 3. The van der Waals surface area contributed by atoms with Crippen molar-refractivity contribution < 1.29 is 0 Å². The normalized spacial score (nSPS) is 16.1. The molecule has 4 rings (SSSR count). The zero-order valence-corrected chi connectivity index (χ0v) is 16.7. The number of unbranched alkanes of at least 4 members (excludes halogenated alkanes) is 1. The summed E-state index contributed by atoms with van der Waals surface area (Å²) >= 11 is 1.36. The Balaban J connectivity index is 1.19. The van der Waals surface area contributed by atoms with Crippen LogP contribution in [0.3, 0.4) is 0 Å². The number of aromatic nitrogens is 1. The molecule has 3 aromatic rings. The van der Waals surface area contributed by atoms with Crippen molar-refractivity contribution in [1.29, 1.82) is 0 Å². The summed E-state index contributed by atoms with van der Waals surface area (Å²) in [7, 11) is 0. The molecule has 1 aliphatic rings. The summed E-state index contributed by atoms with van der Waals surface area (Å²) < 4.78 is 3.05. The molecule has 1 aliphatic heterocycles. The van der Waals surface area contributed by atoms with Crippen molar-refractivity contribution in [3.05, 3.63) is 69.8 Å². The summed E-state index contributed by atoms with van der Waals surface area (Å²) in [6.45, 7) is 4.44. The van der Waals surface area contributed by atoms with Crippen LogP contribution in [0.4, 0.5) is 0 Å². The first-order chi connectivity index (χ1) is 13.3. The van der Waals surface area contributed by atoms with Gasteiger partial charge in [0.05, 0.1) is 10.2 Å². The Bertz CT molecular complexity index is 907. The third kappa shape index (κ3) is 4.69. The first-order valence-corrected chi connectivity index (χ1v) is 11.0. The van der Waals surface area contributed by atoms with Crippen molar-refractivity contribution in [2.45, 2.75) is 38.6 Å². The van der Waals surface area contributed by atoms with Crippen LogP contribution in [0.25, 0.3) is 10.2 Å². The highest BCUT2D eigenvalue weighted by Crippen LogP contribution is 2.22. The van der Waals surface area contributed by atoms with E-state index in [0.717, 1.165) is 35.6 Å². The van der Waals surface area contributed by atoms with Crippen LogP contribution < -0.4 is 4.87 Å². The summed E-state index contributed by atoms with van der Waals surface area (Å²) in [4.78, 5) is 15.0. The molecule has 142 valence electrons. The van der Waals surface area contributed by atoms with E-state index in [1.165, 1.54) is 55.7 Å². The molecule has 1 saturated heterocycles. The Morgan fingerprint density at radius 2 is 1.59 bits per heavy atom. The van der Waals surface area contributed by atoms with Gasteiger partial charge in [-0.3, -0.25) is 9.36 Å². The lowest BCUT2D eigenvalue weighted by Gasteiger charge is -2.32. The molecule has 0 saturated carbocycles. The fourth-order valence-electron chi connectivity index (χ4n) is 4.19. The lowest BCUT2D eigenvalue weighted by molar-refractivity contribution is 0.180. The minimum Gasteiger partial charge on any atom is -0.303 e. The highest BCUT2D eigenvalue weighted by atomic mass is 32.1. The molecule has 3 nitrogen and oxygen atoms in total. The first kappa shape index (κ1) is 18.5. The number of para-hydroxylation sites is 1. The number of piperidine rings is 1. The minimum absolute atomic E-state index is 0.179. The van der Waals surface area contributed by atoms with Crippen LogP contribution in [0.1, 0.15) is 31.2 Å². The Kier molecular flexibility index (Phi) is 6.05. The summed E-state index contributed by atoms with van der Waals surface area (Å²) in [5.74, 6) is 0.833. The monoisotopic (exact) mass is 380 g/mol. The van der Waals surface area contributed by atoms with Crippen molar-refractivity contribution in [1.82, 2.24) is 9.47 Å². The molecule has 2 aromatic carbocycles. The van der Waals surface area contributed by atoms with Crippen LogP contribution in [0.2, 0.25) is 0 Å². The van der Waals surface area contributed by atoms with Crippen LogP contribution in [0.15, 0.2) is 59.4 Å². The fraction of sp³-hybridized carbons (Fsp3) is 0.435. The van der Waals surface area contributed by atoms with Gasteiger partial charge in [-0.1, -0.05) is 53.8 Å². The van der Waals surface area contributed by atoms with Crippen LogP contribution >= 0.6 is 11.3 Å². The highest BCUT2D eigenvalue weighted by Gasteiger charge is 2.19. The van der Waals surface area contributed by atoms with E-state index >= 15 is 0 Å². The first-order valence-electron chi connectivity index (χ1n) is 10.1. The average Bonchev–Trinajstić information content (AvgIpc) is 3.02. The van der Waals surface area contributed by atoms with Crippen molar-refractivity contribution in [3.8, 4) is 0 Å². The average molecular weight is 381 g/mol. The molecule has 0 N–H and O–H groups in total. The van der Waals surface area contributed by atoms with E-state index in [1.54, 1.807) is 0 Å². The molecule has 1 fully saturated rings. The Morgan fingerprint density at radius 3 is 2.41 bits per heavy atom. The van der Waals surface area contributed by atoms with Crippen molar-refractivity contribution in [3.63, 3.8) is 0 Å². The topological polar surface area (TPSA) is 25.2 Å². The molecule has 27 heavy (non-hydrogen) atoms. The molecular weight excluding hydrogens is 352 g/mol. The number of rotatable bonds is 7. The second-order valence-electron chi connectivity index (χ2n) is 7.67. The number of thiazole rings is 1. The van der Waals surface area contributed by atoms with Gasteiger partial charge in [-0.2, -0.15) is 0 Å². The molecule has 0 unspecified atom stereocenters. The predicted octanol–water partition coefficient (Wildman–Crippen LogP) is 4.80. The molecule has 0 radical (unpaired) electrons. The predicted molar refractivity (Wildman–Crippen MR) is 115 cm³/mol. The third-order valence-corrected chi connectivity index (χ3v) is 6.71. The molecule has 0 bridgehead atoms. The smallest absolute Gasteiger partial charge is 0.303 e. The Labute approximate surface area is 165 Å². The molecule has 0 spiro atoms. The van der Waals surface area contributed by atoms with Gasteiger partial charge in [0.1, 0.15) is 0 Å². The number of aryl methyl sites for hydroxylation is 1. The zero-order chi connectivity index (χ0) is 18.5. The van der Waals surface area contributed by atoms with E-state index in [9.17, 15) is 4.79 Å². The third-order valence-electron chi connectivity index (χ3n) is 5.75. The fourth-order valence-corrected chi connectivity index (χ4v) is 5.11. The largest absolute Gasteiger partial charge is 0.308 e. The van der Waals surface area contributed by atoms with Crippen LogP contribution in [0.5, 0.6) is 0 Å². The van der Waals surface area contributed by atoms with Gasteiger partial charge in [0.25, 0.3) is 0 Å². The second-order valence-corrected chi connectivity index (χ2v) is 8.66. The summed E-state index contributed by atoms with van der Waals surface area (Å²) in [6, 6.07) is 19.0. The minimum atomic E-state index is 0.179. The standard InChI is InChI=1S/C23H28N2OS/c26-23-25(21-10-4-5-11-22(21)27-23)15-7-6-14-24-16-12-20(13-17-24)18-19-8-2-1-3-9-19/h1-5,8-11,20H,6-7,12-18H2. The van der Waals surface area contributed by atoms with E-state index in [4.69, 9.17) is 0 Å². The van der Waals surface area contributed by atoms with Gasteiger partial charge in [-0.25, -0.2) is 0 Å². The van der Waals surface area contributed by atoms with Crippen LogP contribution in [-0.2, 0) is 13.0 Å². The van der Waals surface area contributed by atoms with E-state index < -0.39 is 0 Å². The van der Waals surface area contributed by atoms with Gasteiger partial charge in [-0.05, 0) is 75.4 Å². The summed E-state index contributed by atoms with van der Waals surface area (Å²) in [5.41, 5.74) is 2.57. The van der Waals surface area contributed by atoms with E-state index in [-0.39, 0.29) is 4.87 Å². The van der Waals surface area contributed by atoms with Crippen molar-refractivity contribution in [2.75, 3.05) is 19.6 Å².